The first-order valence-electron chi connectivity index (χ1n) is 9.05. The number of hydrogen-bond donors (Lipinski definition) is 1. The van der Waals surface area contributed by atoms with Gasteiger partial charge in [-0.1, -0.05) is 37.6 Å². The number of ketones is 1. The van der Waals surface area contributed by atoms with Crippen LogP contribution in [-0.4, -0.2) is 28.2 Å². The van der Waals surface area contributed by atoms with Crippen molar-refractivity contribution in [3.63, 3.8) is 0 Å². The second-order valence-corrected chi connectivity index (χ2v) is 6.71. The number of likely N-dealkylation sites (tertiary alicyclic amines) is 1. The predicted molar refractivity (Wildman–Crippen MR) is 101 cm³/mol. The average Bonchev–Trinajstić information content (AvgIpc) is 2.91. The Hall–Kier alpha value is -2.95. The van der Waals surface area contributed by atoms with E-state index in [1.165, 1.54) is 29.2 Å². The number of rotatable bonds is 5. The number of aliphatic hydroxyl groups excluding tert-OH is 1. The average molecular weight is 367 g/mol. The van der Waals surface area contributed by atoms with Crippen LogP contribution in [0.15, 0.2) is 54.1 Å². The molecule has 5 heteroatoms. The Balaban J connectivity index is 2.18. The molecule has 1 fully saturated rings. The number of aryl methyl sites for hydroxylation is 1. The van der Waals surface area contributed by atoms with Crippen LogP contribution in [0, 0.1) is 12.7 Å². The van der Waals surface area contributed by atoms with E-state index < -0.39 is 23.5 Å². The zero-order valence-electron chi connectivity index (χ0n) is 15.4. The van der Waals surface area contributed by atoms with E-state index in [2.05, 4.69) is 0 Å². The van der Waals surface area contributed by atoms with Crippen molar-refractivity contribution < 1.29 is 19.1 Å². The minimum Gasteiger partial charge on any atom is -0.507 e. The van der Waals surface area contributed by atoms with Gasteiger partial charge in [-0.25, -0.2) is 4.39 Å². The molecule has 3 rings (SSSR count). The molecule has 0 spiro atoms. The lowest BCUT2D eigenvalue weighted by atomic mass is 9.92. The maximum absolute atomic E-state index is 13.2. The largest absolute Gasteiger partial charge is 0.507 e. The van der Waals surface area contributed by atoms with E-state index in [9.17, 15) is 19.1 Å². The Morgan fingerprint density at radius 1 is 1.11 bits per heavy atom. The summed E-state index contributed by atoms with van der Waals surface area (Å²) in [6, 6.07) is 12.1. The summed E-state index contributed by atoms with van der Waals surface area (Å²) in [5.41, 5.74) is 2.09. The molecule has 0 radical (unpaired) electrons. The number of aliphatic hydroxyl groups is 1. The number of amides is 1. The van der Waals surface area contributed by atoms with Crippen molar-refractivity contribution in [3.8, 4) is 0 Å². The summed E-state index contributed by atoms with van der Waals surface area (Å²) in [5, 5.41) is 10.8. The van der Waals surface area contributed by atoms with Crippen LogP contribution in [0.4, 0.5) is 4.39 Å². The minimum atomic E-state index is -0.707. The number of Topliss-reactive ketones (excluding diaryl/α,β-unsaturated/α-hetero) is 1. The van der Waals surface area contributed by atoms with E-state index in [4.69, 9.17) is 0 Å². The molecular formula is C22H22FNO3. The Morgan fingerprint density at radius 2 is 1.78 bits per heavy atom. The van der Waals surface area contributed by atoms with Crippen LogP contribution >= 0.6 is 0 Å². The SMILES string of the molecule is CCCCN1C(=O)C(=O)/C(=C(\O)c2ccc(F)cc2)C1c1ccccc1C. The molecule has 1 atom stereocenters. The third kappa shape index (κ3) is 3.50. The van der Waals surface area contributed by atoms with Gasteiger partial charge < -0.3 is 10.0 Å². The molecule has 140 valence electrons. The predicted octanol–water partition coefficient (Wildman–Crippen LogP) is 4.36. The van der Waals surface area contributed by atoms with Gasteiger partial charge in [-0.15, -0.1) is 0 Å². The summed E-state index contributed by atoms with van der Waals surface area (Å²) in [6.45, 7) is 4.35. The number of unbranched alkanes of at least 4 members (excludes halogenated alkanes) is 1. The van der Waals surface area contributed by atoms with Gasteiger partial charge in [-0.05, 0) is 48.7 Å². The van der Waals surface area contributed by atoms with Crippen molar-refractivity contribution in [1.29, 1.82) is 0 Å². The summed E-state index contributed by atoms with van der Waals surface area (Å²) >= 11 is 0. The Labute approximate surface area is 157 Å². The van der Waals surface area contributed by atoms with Crippen molar-refractivity contribution in [2.45, 2.75) is 32.7 Å². The number of nitrogens with zero attached hydrogens (tertiary/aromatic N) is 1. The molecule has 2 aromatic rings. The van der Waals surface area contributed by atoms with Gasteiger partial charge >= 0.3 is 0 Å². The maximum Gasteiger partial charge on any atom is 0.295 e. The second-order valence-electron chi connectivity index (χ2n) is 6.71. The summed E-state index contributed by atoms with van der Waals surface area (Å²) < 4.78 is 13.2. The fraction of sp³-hybridized carbons (Fsp3) is 0.273. The summed E-state index contributed by atoms with van der Waals surface area (Å²) in [5.74, 6) is -2.03. The Bertz CT molecular complexity index is 902. The quantitative estimate of drug-likeness (QED) is 0.485. The van der Waals surface area contributed by atoms with E-state index in [1.807, 2.05) is 38.1 Å². The molecule has 1 unspecified atom stereocenters. The van der Waals surface area contributed by atoms with Crippen molar-refractivity contribution in [1.82, 2.24) is 4.90 Å². The number of benzene rings is 2. The van der Waals surface area contributed by atoms with Crippen LogP contribution < -0.4 is 0 Å². The molecule has 1 aliphatic rings. The molecule has 0 bridgehead atoms. The van der Waals surface area contributed by atoms with Gasteiger partial charge in [0.1, 0.15) is 11.6 Å². The van der Waals surface area contributed by atoms with Crippen LogP contribution in [0.5, 0.6) is 0 Å². The molecular weight excluding hydrogens is 345 g/mol. The van der Waals surface area contributed by atoms with Crippen LogP contribution in [-0.2, 0) is 9.59 Å². The van der Waals surface area contributed by atoms with E-state index in [-0.39, 0.29) is 11.3 Å². The highest BCUT2D eigenvalue weighted by molar-refractivity contribution is 6.46. The van der Waals surface area contributed by atoms with E-state index in [0.29, 0.717) is 12.1 Å². The Kier molecular flexibility index (Phi) is 5.40. The van der Waals surface area contributed by atoms with Crippen molar-refractivity contribution in [3.05, 3.63) is 76.6 Å². The molecule has 1 N–H and O–H groups in total. The topological polar surface area (TPSA) is 57.6 Å². The molecule has 0 aromatic heterocycles. The van der Waals surface area contributed by atoms with Gasteiger partial charge in [-0.3, -0.25) is 9.59 Å². The third-order valence-electron chi connectivity index (χ3n) is 4.89. The molecule has 0 saturated carbocycles. The van der Waals surface area contributed by atoms with Gasteiger partial charge in [-0.2, -0.15) is 0 Å². The van der Waals surface area contributed by atoms with E-state index in [0.717, 1.165) is 24.0 Å². The molecule has 1 saturated heterocycles. The minimum absolute atomic E-state index is 0.0528. The second kappa shape index (κ2) is 7.74. The molecule has 27 heavy (non-hydrogen) atoms. The van der Waals surface area contributed by atoms with Crippen molar-refractivity contribution in [2.24, 2.45) is 0 Å². The molecule has 2 aromatic carbocycles. The number of hydrogen-bond acceptors (Lipinski definition) is 3. The lowest BCUT2D eigenvalue weighted by Gasteiger charge is -2.26. The van der Waals surface area contributed by atoms with E-state index in [1.54, 1.807) is 0 Å². The van der Waals surface area contributed by atoms with Crippen LogP contribution in [0.3, 0.4) is 0 Å². The van der Waals surface area contributed by atoms with Gasteiger partial charge in [0.25, 0.3) is 11.7 Å². The fourth-order valence-corrected chi connectivity index (χ4v) is 3.42. The molecule has 1 heterocycles. The fourth-order valence-electron chi connectivity index (χ4n) is 3.42. The first kappa shape index (κ1) is 18.8. The number of carbonyl (C=O) groups excluding carboxylic acids is 2. The number of carbonyl (C=O) groups is 2. The van der Waals surface area contributed by atoms with Crippen molar-refractivity contribution >= 4 is 17.4 Å². The van der Waals surface area contributed by atoms with Crippen LogP contribution in [0.25, 0.3) is 5.76 Å². The summed E-state index contributed by atoms with van der Waals surface area (Å²) in [7, 11) is 0. The van der Waals surface area contributed by atoms with E-state index >= 15 is 0 Å². The number of halogens is 1. The lowest BCUT2D eigenvalue weighted by Crippen LogP contribution is -2.30. The zero-order chi connectivity index (χ0) is 19.6. The highest BCUT2D eigenvalue weighted by Gasteiger charge is 2.46. The molecule has 1 amide bonds. The summed E-state index contributed by atoms with van der Waals surface area (Å²) in [4.78, 5) is 27.0. The smallest absolute Gasteiger partial charge is 0.295 e. The van der Waals surface area contributed by atoms with Gasteiger partial charge in [0.05, 0.1) is 11.6 Å². The third-order valence-corrected chi connectivity index (χ3v) is 4.89. The zero-order valence-corrected chi connectivity index (χ0v) is 15.4. The highest BCUT2D eigenvalue weighted by Crippen LogP contribution is 2.40. The summed E-state index contributed by atoms with van der Waals surface area (Å²) in [6.07, 6.45) is 1.63. The molecule has 1 aliphatic heterocycles. The first-order chi connectivity index (χ1) is 13.0. The van der Waals surface area contributed by atoms with Gasteiger partial charge in [0.15, 0.2) is 0 Å². The van der Waals surface area contributed by atoms with Crippen LogP contribution in [0.2, 0.25) is 0 Å². The molecule has 4 nitrogen and oxygen atoms in total. The molecule has 0 aliphatic carbocycles. The first-order valence-corrected chi connectivity index (χ1v) is 9.05. The normalized spacial score (nSPS) is 18.9. The monoisotopic (exact) mass is 367 g/mol. The Morgan fingerprint density at radius 3 is 2.41 bits per heavy atom. The standard InChI is InChI=1S/C22H22FNO3/c1-3-4-13-24-19(17-8-6-5-7-14(17)2)18(21(26)22(24)27)20(25)15-9-11-16(23)12-10-15/h5-12,19,25H,3-4,13H2,1-2H3/b20-18-. The highest BCUT2D eigenvalue weighted by atomic mass is 19.1. The van der Waals surface area contributed by atoms with Crippen LogP contribution in [0.1, 0.15) is 42.5 Å². The maximum atomic E-state index is 13.2. The van der Waals surface area contributed by atoms with Gasteiger partial charge in [0.2, 0.25) is 0 Å². The lowest BCUT2D eigenvalue weighted by molar-refractivity contribution is -0.139. The van der Waals surface area contributed by atoms with Crippen molar-refractivity contribution in [2.75, 3.05) is 6.54 Å². The van der Waals surface area contributed by atoms with Gasteiger partial charge in [0, 0.05) is 12.1 Å².